The number of ether oxygens (including phenoxy) is 1. The van der Waals surface area contributed by atoms with Gasteiger partial charge in [0.15, 0.2) is 0 Å². The Labute approximate surface area is 107 Å². The van der Waals surface area contributed by atoms with Crippen molar-refractivity contribution in [1.82, 2.24) is 10.2 Å². The van der Waals surface area contributed by atoms with Crippen LogP contribution in [0.15, 0.2) is 0 Å². The fraction of sp³-hybridized carbons (Fsp3) is 1.00. The van der Waals surface area contributed by atoms with E-state index in [4.69, 9.17) is 4.74 Å². The van der Waals surface area contributed by atoms with Gasteiger partial charge >= 0.3 is 0 Å². The zero-order chi connectivity index (χ0) is 12.3. The predicted octanol–water partition coefficient (Wildman–Crippen LogP) is 2.12. The molecule has 0 aromatic carbocycles. The first kappa shape index (κ1) is 14.9. The Kier molecular flexibility index (Phi) is 8.67. The van der Waals surface area contributed by atoms with Gasteiger partial charge in [0.2, 0.25) is 0 Å². The highest BCUT2D eigenvalue weighted by atomic mass is 16.5. The van der Waals surface area contributed by atoms with Gasteiger partial charge in [0.25, 0.3) is 0 Å². The maximum atomic E-state index is 5.75. The van der Waals surface area contributed by atoms with Crippen LogP contribution >= 0.6 is 0 Å². The van der Waals surface area contributed by atoms with Crippen LogP contribution in [-0.2, 0) is 4.74 Å². The van der Waals surface area contributed by atoms with E-state index in [-0.39, 0.29) is 0 Å². The minimum absolute atomic E-state index is 0.628. The second-order valence-electron chi connectivity index (χ2n) is 5.29. The molecule has 0 aromatic rings. The predicted molar refractivity (Wildman–Crippen MR) is 73.4 cm³/mol. The lowest BCUT2D eigenvalue weighted by Gasteiger charge is -2.26. The van der Waals surface area contributed by atoms with Crippen LogP contribution in [0.1, 0.15) is 39.5 Å². The van der Waals surface area contributed by atoms with E-state index in [0.717, 1.165) is 32.8 Å². The Morgan fingerprint density at radius 3 is 2.71 bits per heavy atom. The Bertz CT molecular complexity index is 170. The molecule has 0 bridgehead atoms. The first-order chi connectivity index (χ1) is 8.33. The molecule has 0 spiro atoms. The van der Waals surface area contributed by atoms with Crippen LogP contribution in [0.3, 0.4) is 0 Å². The first-order valence-electron chi connectivity index (χ1n) is 7.33. The van der Waals surface area contributed by atoms with Crippen molar-refractivity contribution < 1.29 is 4.74 Å². The third-order valence-corrected chi connectivity index (χ3v) is 3.32. The summed E-state index contributed by atoms with van der Waals surface area (Å²) in [4.78, 5) is 2.53. The quantitative estimate of drug-likeness (QED) is 0.627. The standard InChI is InChI=1S/C14H30N2O/c1-3-7-15-12-14(2)13-17-11-10-16-8-5-4-6-9-16/h14-15H,3-13H2,1-2H3. The van der Waals surface area contributed by atoms with E-state index in [1.54, 1.807) is 0 Å². The zero-order valence-corrected chi connectivity index (χ0v) is 11.7. The number of likely N-dealkylation sites (tertiary alicyclic amines) is 1. The fourth-order valence-electron chi connectivity index (χ4n) is 2.25. The third-order valence-electron chi connectivity index (χ3n) is 3.32. The topological polar surface area (TPSA) is 24.5 Å². The van der Waals surface area contributed by atoms with Crippen LogP contribution in [0.4, 0.5) is 0 Å². The molecule has 17 heavy (non-hydrogen) atoms. The molecule has 1 atom stereocenters. The Morgan fingerprint density at radius 2 is 2.00 bits per heavy atom. The van der Waals surface area contributed by atoms with E-state index in [1.165, 1.54) is 38.8 Å². The van der Waals surface area contributed by atoms with Gasteiger partial charge in [-0.25, -0.2) is 0 Å². The Morgan fingerprint density at radius 1 is 1.24 bits per heavy atom. The van der Waals surface area contributed by atoms with Crippen molar-refractivity contribution in [1.29, 1.82) is 0 Å². The molecule has 1 unspecified atom stereocenters. The van der Waals surface area contributed by atoms with E-state index in [1.807, 2.05) is 0 Å². The van der Waals surface area contributed by atoms with Gasteiger partial charge in [-0.05, 0) is 51.4 Å². The number of nitrogens with one attached hydrogen (secondary N) is 1. The molecule has 1 aliphatic heterocycles. The molecule has 0 amide bonds. The molecule has 0 saturated carbocycles. The molecular weight excluding hydrogens is 212 g/mol. The second kappa shape index (κ2) is 9.86. The lowest BCUT2D eigenvalue weighted by atomic mass is 10.1. The third kappa shape index (κ3) is 7.74. The summed E-state index contributed by atoms with van der Waals surface area (Å²) in [5.41, 5.74) is 0. The molecule has 1 aliphatic rings. The summed E-state index contributed by atoms with van der Waals surface area (Å²) < 4.78 is 5.75. The molecule has 1 fully saturated rings. The monoisotopic (exact) mass is 242 g/mol. The summed E-state index contributed by atoms with van der Waals surface area (Å²) in [7, 11) is 0. The van der Waals surface area contributed by atoms with Gasteiger partial charge in [0.1, 0.15) is 0 Å². The number of piperidine rings is 1. The molecule has 3 heteroatoms. The van der Waals surface area contributed by atoms with Crippen LogP contribution in [0.25, 0.3) is 0 Å². The zero-order valence-electron chi connectivity index (χ0n) is 11.7. The Balaban J connectivity index is 1.88. The summed E-state index contributed by atoms with van der Waals surface area (Å²) in [6.07, 6.45) is 5.37. The van der Waals surface area contributed by atoms with Crippen molar-refractivity contribution in [3.05, 3.63) is 0 Å². The van der Waals surface area contributed by atoms with Crippen molar-refractivity contribution in [3.8, 4) is 0 Å². The van der Waals surface area contributed by atoms with Gasteiger partial charge in [0, 0.05) is 6.54 Å². The molecule has 0 radical (unpaired) electrons. The van der Waals surface area contributed by atoms with Crippen molar-refractivity contribution in [2.45, 2.75) is 39.5 Å². The van der Waals surface area contributed by atoms with E-state index in [2.05, 4.69) is 24.1 Å². The van der Waals surface area contributed by atoms with Gasteiger partial charge in [0.05, 0.1) is 13.2 Å². The van der Waals surface area contributed by atoms with Crippen molar-refractivity contribution in [2.24, 2.45) is 5.92 Å². The molecule has 3 nitrogen and oxygen atoms in total. The van der Waals surface area contributed by atoms with Crippen molar-refractivity contribution in [2.75, 3.05) is 45.9 Å². The van der Waals surface area contributed by atoms with E-state index in [0.29, 0.717) is 5.92 Å². The minimum Gasteiger partial charge on any atom is -0.380 e. The highest BCUT2D eigenvalue weighted by molar-refractivity contribution is 4.64. The second-order valence-corrected chi connectivity index (χ2v) is 5.29. The van der Waals surface area contributed by atoms with E-state index < -0.39 is 0 Å². The lowest BCUT2D eigenvalue weighted by molar-refractivity contribution is 0.0763. The smallest absolute Gasteiger partial charge is 0.0593 e. The average Bonchev–Trinajstić information content (AvgIpc) is 2.36. The maximum Gasteiger partial charge on any atom is 0.0593 e. The molecule has 1 heterocycles. The van der Waals surface area contributed by atoms with Crippen LogP contribution in [0, 0.1) is 5.92 Å². The Hall–Kier alpha value is -0.120. The summed E-state index contributed by atoms with van der Waals surface area (Å²) in [6.45, 7) is 12.1. The first-order valence-corrected chi connectivity index (χ1v) is 7.33. The summed E-state index contributed by atoms with van der Waals surface area (Å²) in [5.74, 6) is 0.628. The van der Waals surface area contributed by atoms with Gasteiger partial charge < -0.3 is 15.0 Å². The maximum absolute atomic E-state index is 5.75. The number of hydrogen-bond donors (Lipinski definition) is 1. The fourth-order valence-corrected chi connectivity index (χ4v) is 2.25. The molecule has 1 saturated heterocycles. The molecule has 0 aliphatic carbocycles. The van der Waals surface area contributed by atoms with Crippen molar-refractivity contribution >= 4 is 0 Å². The lowest BCUT2D eigenvalue weighted by Crippen LogP contribution is -2.33. The van der Waals surface area contributed by atoms with E-state index >= 15 is 0 Å². The van der Waals surface area contributed by atoms with Crippen molar-refractivity contribution in [3.63, 3.8) is 0 Å². The van der Waals surface area contributed by atoms with Crippen LogP contribution in [0.2, 0.25) is 0 Å². The highest BCUT2D eigenvalue weighted by Crippen LogP contribution is 2.07. The molecule has 0 aromatic heterocycles. The largest absolute Gasteiger partial charge is 0.380 e. The molecular formula is C14H30N2O. The van der Waals surface area contributed by atoms with Gasteiger partial charge in [-0.2, -0.15) is 0 Å². The van der Waals surface area contributed by atoms with Crippen LogP contribution < -0.4 is 5.32 Å². The highest BCUT2D eigenvalue weighted by Gasteiger charge is 2.09. The van der Waals surface area contributed by atoms with E-state index in [9.17, 15) is 0 Å². The number of nitrogens with zero attached hydrogens (tertiary/aromatic N) is 1. The van der Waals surface area contributed by atoms with Crippen LogP contribution in [0.5, 0.6) is 0 Å². The molecule has 102 valence electrons. The average molecular weight is 242 g/mol. The molecule has 1 N–H and O–H groups in total. The van der Waals surface area contributed by atoms with Gasteiger partial charge in [-0.15, -0.1) is 0 Å². The SMILES string of the molecule is CCCNCC(C)COCCN1CCCCC1. The number of hydrogen-bond acceptors (Lipinski definition) is 3. The molecule has 1 rings (SSSR count). The summed E-state index contributed by atoms with van der Waals surface area (Å²) in [6, 6.07) is 0. The number of rotatable bonds is 9. The van der Waals surface area contributed by atoms with Gasteiger partial charge in [-0.1, -0.05) is 20.3 Å². The normalized spacial score (nSPS) is 19.4. The minimum atomic E-state index is 0.628. The van der Waals surface area contributed by atoms with Gasteiger partial charge in [-0.3, -0.25) is 0 Å². The van der Waals surface area contributed by atoms with Crippen LogP contribution in [-0.4, -0.2) is 50.8 Å². The summed E-state index contributed by atoms with van der Waals surface area (Å²) >= 11 is 0. The summed E-state index contributed by atoms with van der Waals surface area (Å²) in [5, 5.41) is 3.43.